The molecule has 0 atom stereocenters. The molecule has 4 aromatic rings. The second kappa shape index (κ2) is 7.67. The number of benzene rings is 1. The molecule has 0 aliphatic rings. The van der Waals surface area contributed by atoms with Gasteiger partial charge in [-0.2, -0.15) is 0 Å². The summed E-state index contributed by atoms with van der Waals surface area (Å²) in [6, 6.07) is 11.6. The van der Waals surface area contributed by atoms with Crippen LogP contribution in [0, 0.1) is 0 Å². The number of thioether (sulfide) groups is 1. The molecular formula is C18H14N4O2S2. The zero-order valence-corrected chi connectivity index (χ0v) is 15.5. The van der Waals surface area contributed by atoms with E-state index in [0.29, 0.717) is 16.9 Å². The normalized spacial score (nSPS) is 10.8. The summed E-state index contributed by atoms with van der Waals surface area (Å²) >= 11 is 3.07. The predicted octanol–water partition coefficient (Wildman–Crippen LogP) is 4.56. The lowest BCUT2D eigenvalue weighted by Gasteiger charge is -2.01. The van der Waals surface area contributed by atoms with Crippen LogP contribution in [0.25, 0.3) is 22.0 Å². The van der Waals surface area contributed by atoms with E-state index in [9.17, 15) is 0 Å². The van der Waals surface area contributed by atoms with Gasteiger partial charge < -0.3 is 9.15 Å². The van der Waals surface area contributed by atoms with E-state index in [1.165, 1.54) is 11.8 Å². The number of aromatic nitrogens is 4. The molecule has 0 aliphatic carbocycles. The first-order valence-electron chi connectivity index (χ1n) is 7.77. The van der Waals surface area contributed by atoms with Gasteiger partial charge in [0.2, 0.25) is 5.89 Å². The van der Waals surface area contributed by atoms with Crippen molar-refractivity contribution in [2.75, 3.05) is 7.11 Å². The molecule has 8 heteroatoms. The third-order valence-electron chi connectivity index (χ3n) is 3.53. The minimum atomic E-state index is 0.468. The van der Waals surface area contributed by atoms with E-state index in [2.05, 4.69) is 20.2 Å². The van der Waals surface area contributed by atoms with Crippen LogP contribution in [0.1, 0.15) is 5.69 Å². The van der Waals surface area contributed by atoms with Gasteiger partial charge in [-0.1, -0.05) is 23.9 Å². The standard InChI is InChI=1S/C18H14N4O2S2/c1-23-15-6-2-4-12(8-15)17-20-14(10-25-17)11-26-18-22-21-16(24-18)13-5-3-7-19-9-13/h2-10H,11H2,1H3. The lowest BCUT2D eigenvalue weighted by Crippen LogP contribution is -1.85. The van der Waals surface area contributed by atoms with Crippen LogP contribution < -0.4 is 4.74 Å². The monoisotopic (exact) mass is 382 g/mol. The lowest BCUT2D eigenvalue weighted by molar-refractivity contribution is 0.415. The van der Waals surface area contributed by atoms with Crippen LogP contribution in [0.4, 0.5) is 0 Å². The Hall–Kier alpha value is -2.71. The highest BCUT2D eigenvalue weighted by Gasteiger charge is 2.11. The summed E-state index contributed by atoms with van der Waals surface area (Å²) in [4.78, 5) is 8.73. The fraction of sp³-hybridized carbons (Fsp3) is 0.111. The molecule has 0 fully saturated rings. The van der Waals surface area contributed by atoms with Gasteiger partial charge in [-0.25, -0.2) is 4.98 Å². The van der Waals surface area contributed by atoms with Gasteiger partial charge in [-0.3, -0.25) is 4.98 Å². The third kappa shape index (κ3) is 3.76. The zero-order valence-electron chi connectivity index (χ0n) is 13.8. The van der Waals surface area contributed by atoms with Crippen LogP contribution in [0.5, 0.6) is 5.75 Å². The molecule has 3 aromatic heterocycles. The molecule has 1 aromatic carbocycles. The first kappa shape index (κ1) is 16.7. The number of ether oxygens (including phenoxy) is 1. The van der Waals surface area contributed by atoms with E-state index in [-0.39, 0.29) is 0 Å². The number of hydrogen-bond donors (Lipinski definition) is 0. The minimum absolute atomic E-state index is 0.468. The lowest BCUT2D eigenvalue weighted by atomic mass is 10.2. The van der Waals surface area contributed by atoms with Gasteiger partial charge in [0, 0.05) is 29.1 Å². The van der Waals surface area contributed by atoms with Crippen LogP contribution in [0.2, 0.25) is 0 Å². The van der Waals surface area contributed by atoms with E-state index >= 15 is 0 Å². The summed E-state index contributed by atoms with van der Waals surface area (Å²) in [5, 5.41) is 11.6. The number of methoxy groups -OCH3 is 1. The smallest absolute Gasteiger partial charge is 0.277 e. The Kier molecular flexibility index (Phi) is 4.94. The number of pyridine rings is 1. The topological polar surface area (TPSA) is 73.9 Å². The molecule has 6 nitrogen and oxygen atoms in total. The molecule has 0 saturated heterocycles. The van der Waals surface area contributed by atoms with Crippen molar-refractivity contribution in [1.82, 2.24) is 20.2 Å². The van der Waals surface area contributed by atoms with Crippen molar-refractivity contribution >= 4 is 23.1 Å². The van der Waals surface area contributed by atoms with Gasteiger partial charge in [0.25, 0.3) is 5.22 Å². The van der Waals surface area contributed by atoms with Crippen LogP contribution in [-0.2, 0) is 5.75 Å². The summed E-state index contributed by atoms with van der Waals surface area (Å²) in [5.74, 6) is 1.95. The molecule has 3 heterocycles. The Labute approximate surface area is 158 Å². The van der Waals surface area contributed by atoms with E-state index in [4.69, 9.17) is 9.15 Å². The summed E-state index contributed by atoms with van der Waals surface area (Å²) in [5.41, 5.74) is 2.82. The van der Waals surface area contributed by atoms with Crippen LogP contribution in [0.15, 0.2) is 63.8 Å². The molecule has 4 rings (SSSR count). The molecular weight excluding hydrogens is 368 g/mol. The van der Waals surface area contributed by atoms with Crippen molar-refractivity contribution in [3.05, 3.63) is 59.9 Å². The first-order valence-corrected chi connectivity index (χ1v) is 9.64. The second-order valence-corrected chi connectivity index (χ2v) is 7.06. The second-order valence-electron chi connectivity index (χ2n) is 5.28. The Morgan fingerprint density at radius 1 is 1.15 bits per heavy atom. The zero-order chi connectivity index (χ0) is 17.8. The first-order chi connectivity index (χ1) is 12.8. The molecule has 0 N–H and O–H groups in total. The molecule has 26 heavy (non-hydrogen) atoms. The molecule has 0 saturated carbocycles. The highest BCUT2D eigenvalue weighted by molar-refractivity contribution is 7.98. The van der Waals surface area contributed by atoms with Crippen molar-refractivity contribution < 1.29 is 9.15 Å². The summed E-state index contributed by atoms with van der Waals surface area (Å²) in [7, 11) is 1.66. The van der Waals surface area contributed by atoms with Crippen molar-refractivity contribution in [2.45, 2.75) is 11.0 Å². The molecule has 130 valence electrons. The maximum absolute atomic E-state index is 5.67. The van der Waals surface area contributed by atoms with Crippen molar-refractivity contribution in [3.63, 3.8) is 0 Å². The molecule has 0 bridgehead atoms. The average Bonchev–Trinajstić information content (AvgIpc) is 3.37. The minimum Gasteiger partial charge on any atom is -0.497 e. The average molecular weight is 382 g/mol. The van der Waals surface area contributed by atoms with Gasteiger partial charge in [0.15, 0.2) is 0 Å². The van der Waals surface area contributed by atoms with Gasteiger partial charge in [0.05, 0.1) is 18.4 Å². The number of hydrogen-bond acceptors (Lipinski definition) is 8. The van der Waals surface area contributed by atoms with Crippen molar-refractivity contribution in [1.29, 1.82) is 0 Å². The quantitative estimate of drug-likeness (QED) is 0.453. The van der Waals surface area contributed by atoms with Gasteiger partial charge in [-0.05, 0) is 24.3 Å². The van der Waals surface area contributed by atoms with Crippen LogP contribution >= 0.6 is 23.1 Å². The molecule has 0 spiro atoms. The number of rotatable bonds is 6. The summed E-state index contributed by atoms with van der Waals surface area (Å²) in [6.07, 6.45) is 3.40. The predicted molar refractivity (Wildman–Crippen MR) is 101 cm³/mol. The number of nitrogens with zero attached hydrogens (tertiary/aromatic N) is 4. The third-order valence-corrected chi connectivity index (χ3v) is 5.32. The Bertz CT molecular complexity index is 1000. The van der Waals surface area contributed by atoms with Crippen molar-refractivity contribution in [2.24, 2.45) is 0 Å². The molecule has 0 amide bonds. The maximum atomic E-state index is 5.67. The van der Waals surface area contributed by atoms with Crippen LogP contribution in [0.3, 0.4) is 0 Å². The van der Waals surface area contributed by atoms with E-state index < -0.39 is 0 Å². The fourth-order valence-electron chi connectivity index (χ4n) is 2.27. The van der Waals surface area contributed by atoms with Gasteiger partial charge in [-0.15, -0.1) is 21.5 Å². The highest BCUT2D eigenvalue weighted by Crippen LogP contribution is 2.30. The number of thiazole rings is 1. The van der Waals surface area contributed by atoms with E-state index in [1.54, 1.807) is 30.8 Å². The summed E-state index contributed by atoms with van der Waals surface area (Å²) in [6.45, 7) is 0. The highest BCUT2D eigenvalue weighted by atomic mass is 32.2. The van der Waals surface area contributed by atoms with E-state index in [0.717, 1.165) is 27.6 Å². The Morgan fingerprint density at radius 2 is 2.08 bits per heavy atom. The van der Waals surface area contributed by atoms with Gasteiger partial charge >= 0.3 is 0 Å². The Balaban J connectivity index is 1.43. The Morgan fingerprint density at radius 3 is 2.92 bits per heavy atom. The molecule has 0 unspecified atom stereocenters. The van der Waals surface area contributed by atoms with Gasteiger partial charge in [0.1, 0.15) is 10.8 Å². The van der Waals surface area contributed by atoms with E-state index in [1.807, 2.05) is 41.8 Å². The largest absolute Gasteiger partial charge is 0.497 e. The van der Waals surface area contributed by atoms with Crippen LogP contribution in [-0.4, -0.2) is 27.3 Å². The molecule has 0 radical (unpaired) electrons. The SMILES string of the molecule is COc1cccc(-c2nc(CSc3nnc(-c4cccnc4)o3)cs2)c1. The fourth-order valence-corrected chi connectivity index (χ4v) is 3.85. The van der Waals surface area contributed by atoms with Crippen molar-refractivity contribution in [3.8, 4) is 27.8 Å². The molecule has 0 aliphatic heterocycles. The maximum Gasteiger partial charge on any atom is 0.277 e. The summed E-state index contributed by atoms with van der Waals surface area (Å²) < 4.78 is 10.9.